The lowest BCUT2D eigenvalue weighted by molar-refractivity contribution is -0.127. The Balaban J connectivity index is 3.67. The summed E-state index contributed by atoms with van der Waals surface area (Å²) in [6, 6.07) is 0. The summed E-state index contributed by atoms with van der Waals surface area (Å²) in [5.41, 5.74) is 0. The van der Waals surface area contributed by atoms with Crippen LogP contribution in [0.2, 0.25) is 0 Å². The number of sulfonamides is 1. The van der Waals surface area contributed by atoms with E-state index in [1.54, 1.807) is 0 Å². The van der Waals surface area contributed by atoms with E-state index in [0.717, 1.165) is 0 Å². The number of nitrogens with two attached hydrogens (primary N) is 1. The smallest absolute Gasteiger partial charge is 0.227 e. The molecule has 6 nitrogen and oxygen atoms in total. The number of carbonyl (C=O) groups is 2. The van der Waals surface area contributed by atoms with Crippen LogP contribution in [0.5, 0.6) is 0 Å². The summed E-state index contributed by atoms with van der Waals surface area (Å²) in [6.45, 7) is 1.21. The molecule has 0 unspecified atom stereocenters. The van der Waals surface area contributed by atoms with E-state index in [2.05, 4.69) is 10.5 Å². The third-order valence-corrected chi connectivity index (χ3v) is 1.89. The minimum atomic E-state index is -3.55. The van der Waals surface area contributed by atoms with Gasteiger partial charge in [0, 0.05) is 6.54 Å². The molecule has 13 heavy (non-hydrogen) atoms. The lowest BCUT2D eigenvalue weighted by Crippen LogP contribution is -2.32. The molecule has 0 bridgehead atoms. The molecule has 0 aromatic heterocycles. The van der Waals surface area contributed by atoms with E-state index < -0.39 is 15.9 Å². The Labute approximate surface area is 76.5 Å². The molecule has 0 saturated heterocycles. The van der Waals surface area contributed by atoms with Gasteiger partial charge in [-0.1, -0.05) is 0 Å². The number of amides is 1. The quantitative estimate of drug-likeness (QED) is 0.529. The first kappa shape index (κ1) is 12.0. The third kappa shape index (κ3) is 8.96. The van der Waals surface area contributed by atoms with Gasteiger partial charge in [-0.15, -0.1) is 0 Å². The van der Waals surface area contributed by atoms with E-state index in [1.165, 1.54) is 6.92 Å². The Morgan fingerprint density at radius 3 is 2.31 bits per heavy atom. The number of hydrogen-bond acceptors (Lipinski definition) is 4. The molecule has 0 radical (unpaired) electrons. The van der Waals surface area contributed by atoms with Crippen molar-refractivity contribution in [3.63, 3.8) is 0 Å². The number of nitrogens with one attached hydrogen (secondary N) is 1. The third-order valence-electron chi connectivity index (χ3n) is 1.12. The molecule has 1 amide bonds. The van der Waals surface area contributed by atoms with Crippen LogP contribution in [0.4, 0.5) is 0 Å². The number of primary sulfonamides is 1. The zero-order valence-electron chi connectivity index (χ0n) is 7.24. The summed E-state index contributed by atoms with van der Waals surface area (Å²) < 4.78 is 20.8. The maximum atomic E-state index is 10.8. The number of carbonyl (C=O) groups excluding carboxylic acids is 2. The van der Waals surface area contributed by atoms with E-state index in [0.29, 0.717) is 0 Å². The van der Waals surface area contributed by atoms with Crippen molar-refractivity contribution in [2.24, 2.45) is 5.14 Å². The van der Waals surface area contributed by atoms with Gasteiger partial charge in [-0.05, 0) is 6.92 Å². The molecule has 0 aliphatic heterocycles. The summed E-state index contributed by atoms with van der Waals surface area (Å²) in [5, 5.41) is 6.93. The van der Waals surface area contributed by atoms with Crippen molar-refractivity contribution in [2.75, 3.05) is 12.3 Å². The number of hydrogen-bond donors (Lipinski definition) is 2. The highest BCUT2D eigenvalue weighted by atomic mass is 32.2. The largest absolute Gasteiger partial charge is 0.355 e. The first-order chi connectivity index (χ1) is 5.81. The fourth-order valence-electron chi connectivity index (χ4n) is 0.621. The first-order valence-electron chi connectivity index (χ1n) is 3.58. The Morgan fingerprint density at radius 1 is 1.38 bits per heavy atom. The van der Waals surface area contributed by atoms with Crippen LogP contribution < -0.4 is 10.5 Å². The van der Waals surface area contributed by atoms with Gasteiger partial charge in [0.2, 0.25) is 15.9 Å². The van der Waals surface area contributed by atoms with Crippen molar-refractivity contribution in [3.05, 3.63) is 0 Å². The summed E-state index contributed by atoms with van der Waals surface area (Å²) in [6.07, 6.45) is -0.232. The van der Waals surface area contributed by atoms with Crippen molar-refractivity contribution in [2.45, 2.75) is 13.3 Å². The molecular weight excluding hydrogens is 196 g/mol. The SMILES string of the molecule is CC(=O)CC(=O)NCCS(N)(=O)=O. The predicted octanol–water partition coefficient (Wildman–Crippen LogP) is -1.63. The van der Waals surface area contributed by atoms with Crippen LogP contribution in [0.25, 0.3) is 0 Å². The zero-order valence-corrected chi connectivity index (χ0v) is 8.06. The van der Waals surface area contributed by atoms with Gasteiger partial charge in [-0.2, -0.15) is 0 Å². The molecule has 7 heteroatoms. The molecule has 3 N–H and O–H groups in total. The molecular formula is C6H12N2O4S. The Bertz CT molecular complexity index is 296. The second-order valence-electron chi connectivity index (χ2n) is 2.60. The predicted molar refractivity (Wildman–Crippen MR) is 46.3 cm³/mol. The topological polar surface area (TPSA) is 106 Å². The molecule has 76 valence electrons. The summed E-state index contributed by atoms with van der Waals surface area (Å²) in [4.78, 5) is 21.2. The molecule has 0 saturated carbocycles. The minimum Gasteiger partial charge on any atom is -0.355 e. The Morgan fingerprint density at radius 2 is 1.92 bits per heavy atom. The monoisotopic (exact) mass is 208 g/mol. The lowest BCUT2D eigenvalue weighted by Gasteiger charge is -2.01. The van der Waals surface area contributed by atoms with E-state index in [1.807, 2.05) is 0 Å². The van der Waals surface area contributed by atoms with E-state index in [9.17, 15) is 18.0 Å². The lowest BCUT2D eigenvalue weighted by atomic mass is 10.3. The summed E-state index contributed by atoms with van der Waals surface area (Å²) >= 11 is 0. The number of rotatable bonds is 5. The van der Waals surface area contributed by atoms with Crippen LogP contribution >= 0.6 is 0 Å². The molecule has 0 aromatic rings. The van der Waals surface area contributed by atoms with Gasteiger partial charge >= 0.3 is 0 Å². The average molecular weight is 208 g/mol. The highest BCUT2D eigenvalue weighted by molar-refractivity contribution is 7.89. The number of ketones is 1. The van der Waals surface area contributed by atoms with Crippen LogP contribution in [-0.2, 0) is 19.6 Å². The second kappa shape index (κ2) is 4.93. The minimum absolute atomic E-state index is 0.0645. The van der Waals surface area contributed by atoms with Gasteiger partial charge in [0.1, 0.15) is 5.78 Å². The molecule has 0 spiro atoms. The fraction of sp³-hybridized carbons (Fsp3) is 0.667. The molecule has 0 rings (SSSR count). The van der Waals surface area contributed by atoms with Gasteiger partial charge in [0.25, 0.3) is 0 Å². The van der Waals surface area contributed by atoms with Crippen molar-refractivity contribution in [3.8, 4) is 0 Å². The van der Waals surface area contributed by atoms with Gasteiger partial charge in [0.15, 0.2) is 0 Å². The average Bonchev–Trinajstić information content (AvgIpc) is 1.81. The Hall–Kier alpha value is -0.950. The molecule has 0 fully saturated rings. The normalized spacial score (nSPS) is 10.9. The van der Waals surface area contributed by atoms with Crippen molar-refractivity contribution >= 4 is 21.7 Å². The second-order valence-corrected chi connectivity index (χ2v) is 4.33. The maximum Gasteiger partial charge on any atom is 0.227 e. The van der Waals surface area contributed by atoms with E-state index >= 15 is 0 Å². The molecule has 0 aromatic carbocycles. The van der Waals surface area contributed by atoms with Gasteiger partial charge in [-0.25, -0.2) is 13.6 Å². The van der Waals surface area contributed by atoms with E-state index in [4.69, 9.17) is 0 Å². The Kier molecular flexibility index (Phi) is 4.57. The van der Waals surface area contributed by atoms with Crippen LogP contribution in [-0.4, -0.2) is 32.4 Å². The van der Waals surface area contributed by atoms with Gasteiger partial charge in [0.05, 0.1) is 12.2 Å². The highest BCUT2D eigenvalue weighted by Crippen LogP contribution is 1.81. The van der Waals surface area contributed by atoms with Crippen molar-refractivity contribution in [1.29, 1.82) is 0 Å². The highest BCUT2D eigenvalue weighted by Gasteiger charge is 2.06. The standard InChI is InChI=1S/C6H12N2O4S/c1-5(9)4-6(10)8-2-3-13(7,11)12/h2-4H2,1H3,(H,8,10)(H2,7,11,12). The number of Topliss-reactive ketones (excluding diaryl/α,β-unsaturated/α-hetero) is 1. The first-order valence-corrected chi connectivity index (χ1v) is 5.29. The van der Waals surface area contributed by atoms with E-state index in [-0.39, 0.29) is 24.5 Å². The van der Waals surface area contributed by atoms with Crippen molar-refractivity contribution < 1.29 is 18.0 Å². The molecule has 0 heterocycles. The van der Waals surface area contributed by atoms with Crippen LogP contribution in [0.3, 0.4) is 0 Å². The summed E-state index contributed by atoms with van der Waals surface area (Å²) in [7, 11) is -3.55. The maximum absolute atomic E-state index is 10.8. The van der Waals surface area contributed by atoms with Gasteiger partial charge in [-0.3, -0.25) is 9.59 Å². The van der Waals surface area contributed by atoms with Crippen LogP contribution in [0.1, 0.15) is 13.3 Å². The molecule has 0 aliphatic rings. The molecule has 0 atom stereocenters. The molecule has 0 aliphatic carbocycles. The van der Waals surface area contributed by atoms with Gasteiger partial charge < -0.3 is 5.32 Å². The fourth-order valence-corrected chi connectivity index (χ4v) is 1.01. The van der Waals surface area contributed by atoms with Crippen LogP contribution in [0, 0.1) is 0 Å². The summed E-state index contributed by atoms with van der Waals surface area (Å²) in [5.74, 6) is -1.08. The zero-order chi connectivity index (χ0) is 10.5. The van der Waals surface area contributed by atoms with Crippen LogP contribution in [0.15, 0.2) is 0 Å². The van der Waals surface area contributed by atoms with Crippen molar-refractivity contribution in [1.82, 2.24) is 5.32 Å².